The van der Waals surface area contributed by atoms with Crippen LogP contribution in [0.25, 0.3) is 16.8 Å². The van der Waals surface area contributed by atoms with Gasteiger partial charge in [0.25, 0.3) is 11.8 Å². The van der Waals surface area contributed by atoms with E-state index in [0.717, 1.165) is 37.9 Å². The number of anilines is 1. The van der Waals surface area contributed by atoms with Crippen LogP contribution in [0.4, 0.5) is 10.5 Å². The Morgan fingerprint density at radius 1 is 0.925 bits per heavy atom. The number of imide groups is 2. The van der Waals surface area contributed by atoms with E-state index in [4.69, 9.17) is 9.47 Å². The summed E-state index contributed by atoms with van der Waals surface area (Å²) >= 11 is 3.57. The van der Waals surface area contributed by atoms with Gasteiger partial charge in [0.1, 0.15) is 12.2 Å². The highest BCUT2D eigenvalue weighted by atomic mass is 79.9. The van der Waals surface area contributed by atoms with Crippen LogP contribution in [0.2, 0.25) is 0 Å². The lowest BCUT2D eigenvalue weighted by atomic mass is 10.0. The van der Waals surface area contributed by atoms with Gasteiger partial charge in [0, 0.05) is 5.56 Å². The zero-order chi connectivity index (χ0) is 28.6. The predicted molar refractivity (Wildman–Crippen MR) is 159 cm³/mol. The summed E-state index contributed by atoms with van der Waals surface area (Å²) in [6.45, 7) is 6.03. The van der Waals surface area contributed by atoms with Gasteiger partial charge in [-0.2, -0.15) is 0 Å². The molecule has 4 aromatic rings. The van der Waals surface area contributed by atoms with Crippen LogP contribution in [0.3, 0.4) is 0 Å². The summed E-state index contributed by atoms with van der Waals surface area (Å²) in [5.74, 6) is -0.559. The molecule has 4 amide bonds. The Morgan fingerprint density at radius 3 is 2.45 bits per heavy atom. The molecule has 0 saturated carbocycles. The number of barbiturate groups is 1. The Morgan fingerprint density at radius 2 is 1.68 bits per heavy atom. The minimum atomic E-state index is -0.785. The molecule has 0 radical (unpaired) electrons. The van der Waals surface area contributed by atoms with Crippen molar-refractivity contribution in [3.63, 3.8) is 0 Å². The van der Waals surface area contributed by atoms with Gasteiger partial charge >= 0.3 is 6.03 Å². The van der Waals surface area contributed by atoms with E-state index in [1.165, 1.54) is 13.2 Å². The number of halogens is 1. The number of urea groups is 1. The Balaban J connectivity index is 1.47. The highest BCUT2D eigenvalue weighted by molar-refractivity contribution is 9.10. The maximum Gasteiger partial charge on any atom is 0.335 e. The molecule has 7 nitrogen and oxygen atoms in total. The fraction of sp³-hybridized carbons (Fsp3) is 0.156. The molecule has 0 unspecified atom stereocenters. The standard InChI is InChI=1S/C32H27BrN2O5/c1-18-9-10-20(3)27(13-18)35-31(37)24(30(36)34-32(35)38)14-21-15-26(33)29(28(16-21)39-4)40-17-25-19(2)11-12-22-7-5-6-8-23(22)25/h5-16H,17H2,1-4H3,(H,34,36,38)/b24-14+. The molecule has 0 bridgehead atoms. The SMILES string of the molecule is COc1cc(/C=C2\C(=O)NC(=O)N(c3cc(C)ccc3C)C2=O)cc(Br)c1OCc1c(C)ccc2ccccc12. The van der Waals surface area contributed by atoms with Gasteiger partial charge in [-0.3, -0.25) is 14.9 Å². The number of nitrogens with one attached hydrogen (secondary N) is 1. The molecule has 202 valence electrons. The average Bonchev–Trinajstić information content (AvgIpc) is 2.92. The van der Waals surface area contributed by atoms with Crippen molar-refractivity contribution in [2.45, 2.75) is 27.4 Å². The predicted octanol–water partition coefficient (Wildman–Crippen LogP) is 6.78. The van der Waals surface area contributed by atoms with E-state index < -0.39 is 17.8 Å². The first-order valence-electron chi connectivity index (χ1n) is 12.6. The van der Waals surface area contributed by atoms with Crippen LogP contribution in [0.15, 0.2) is 76.8 Å². The van der Waals surface area contributed by atoms with Crippen molar-refractivity contribution in [2.75, 3.05) is 12.0 Å². The number of carbonyl (C=O) groups is 3. The fourth-order valence-corrected chi connectivity index (χ4v) is 5.32. The second kappa shape index (κ2) is 11.0. The van der Waals surface area contributed by atoms with Crippen molar-refractivity contribution in [3.8, 4) is 11.5 Å². The Hall–Kier alpha value is -4.43. The van der Waals surface area contributed by atoms with Crippen molar-refractivity contribution in [1.29, 1.82) is 0 Å². The molecule has 0 aliphatic carbocycles. The maximum atomic E-state index is 13.4. The van der Waals surface area contributed by atoms with Crippen molar-refractivity contribution >= 4 is 56.3 Å². The third-order valence-corrected chi connectivity index (χ3v) is 7.49. The number of rotatable bonds is 6. The van der Waals surface area contributed by atoms with Gasteiger partial charge in [0.15, 0.2) is 11.5 Å². The number of carbonyl (C=O) groups excluding carboxylic acids is 3. The second-order valence-corrected chi connectivity index (χ2v) is 10.5. The van der Waals surface area contributed by atoms with Crippen molar-refractivity contribution in [1.82, 2.24) is 5.32 Å². The minimum absolute atomic E-state index is 0.172. The summed E-state index contributed by atoms with van der Waals surface area (Å²) in [6.07, 6.45) is 1.44. The van der Waals surface area contributed by atoms with Crippen LogP contribution < -0.4 is 19.7 Å². The first kappa shape index (κ1) is 27.1. The van der Waals surface area contributed by atoms with Gasteiger partial charge in [0.05, 0.1) is 17.3 Å². The van der Waals surface area contributed by atoms with Gasteiger partial charge in [-0.25, -0.2) is 9.69 Å². The smallest absolute Gasteiger partial charge is 0.335 e. The van der Waals surface area contributed by atoms with Gasteiger partial charge in [-0.15, -0.1) is 0 Å². The third-order valence-electron chi connectivity index (χ3n) is 6.91. The van der Waals surface area contributed by atoms with Crippen molar-refractivity contribution < 1.29 is 23.9 Å². The number of fused-ring (bicyclic) bond motifs is 1. The van der Waals surface area contributed by atoms with Gasteiger partial charge in [-0.1, -0.05) is 48.5 Å². The van der Waals surface area contributed by atoms with Crippen molar-refractivity contribution in [2.24, 2.45) is 0 Å². The Kier molecular flexibility index (Phi) is 7.45. The summed E-state index contributed by atoms with van der Waals surface area (Å²) in [6, 6.07) is 20.4. The summed E-state index contributed by atoms with van der Waals surface area (Å²) in [5.41, 5.74) is 4.56. The molecule has 0 aromatic heterocycles. The lowest BCUT2D eigenvalue weighted by molar-refractivity contribution is -0.122. The normalized spacial score (nSPS) is 14.6. The monoisotopic (exact) mass is 598 g/mol. The number of nitrogens with zero attached hydrogens (tertiary/aromatic N) is 1. The van der Waals surface area contributed by atoms with Crippen LogP contribution in [0.1, 0.15) is 27.8 Å². The minimum Gasteiger partial charge on any atom is -0.493 e. The highest BCUT2D eigenvalue weighted by Crippen LogP contribution is 2.39. The number of hydrogen-bond acceptors (Lipinski definition) is 5. The summed E-state index contributed by atoms with van der Waals surface area (Å²) in [4.78, 5) is 39.8. The van der Waals surface area contributed by atoms with Crippen LogP contribution in [0.5, 0.6) is 11.5 Å². The quantitative estimate of drug-likeness (QED) is 0.195. The zero-order valence-corrected chi connectivity index (χ0v) is 24.1. The van der Waals surface area contributed by atoms with Gasteiger partial charge in [-0.05, 0) is 94.0 Å². The van der Waals surface area contributed by atoms with E-state index in [-0.39, 0.29) is 5.57 Å². The second-order valence-electron chi connectivity index (χ2n) is 9.65. The molecule has 8 heteroatoms. The molecule has 1 fully saturated rings. The third kappa shape index (κ3) is 5.10. The van der Waals surface area contributed by atoms with E-state index in [2.05, 4.69) is 45.5 Å². The topological polar surface area (TPSA) is 84.9 Å². The molecule has 0 spiro atoms. The molecule has 1 heterocycles. The summed E-state index contributed by atoms with van der Waals surface area (Å²) < 4.78 is 12.4. The molecular weight excluding hydrogens is 572 g/mol. The van der Waals surface area contributed by atoms with Crippen LogP contribution >= 0.6 is 15.9 Å². The number of ether oxygens (including phenoxy) is 2. The zero-order valence-electron chi connectivity index (χ0n) is 22.5. The Labute approximate surface area is 240 Å². The molecular formula is C32H27BrN2O5. The van der Waals surface area contributed by atoms with Crippen molar-refractivity contribution in [3.05, 3.63) is 105 Å². The molecule has 1 aliphatic rings. The molecule has 5 rings (SSSR count). The van der Waals surface area contributed by atoms with E-state index in [1.807, 2.05) is 38.1 Å². The first-order chi connectivity index (χ1) is 19.2. The molecule has 1 N–H and O–H groups in total. The van der Waals surface area contributed by atoms with E-state index in [9.17, 15) is 14.4 Å². The van der Waals surface area contributed by atoms with Gasteiger partial charge < -0.3 is 9.47 Å². The number of hydrogen-bond donors (Lipinski definition) is 1. The average molecular weight is 599 g/mol. The molecule has 0 atom stereocenters. The largest absolute Gasteiger partial charge is 0.493 e. The van der Waals surface area contributed by atoms with E-state index in [0.29, 0.717) is 33.8 Å². The first-order valence-corrected chi connectivity index (χ1v) is 13.4. The molecule has 4 aromatic carbocycles. The van der Waals surface area contributed by atoms with E-state index >= 15 is 0 Å². The van der Waals surface area contributed by atoms with Crippen LogP contribution in [-0.2, 0) is 16.2 Å². The summed E-state index contributed by atoms with van der Waals surface area (Å²) in [7, 11) is 1.52. The molecule has 40 heavy (non-hydrogen) atoms. The Bertz CT molecular complexity index is 1730. The molecule has 1 saturated heterocycles. The molecule has 1 aliphatic heterocycles. The van der Waals surface area contributed by atoms with Crippen LogP contribution in [0, 0.1) is 20.8 Å². The number of aryl methyl sites for hydroxylation is 3. The number of benzene rings is 4. The fourth-order valence-electron chi connectivity index (χ4n) is 4.75. The summed E-state index contributed by atoms with van der Waals surface area (Å²) in [5, 5.41) is 4.52. The lowest BCUT2D eigenvalue weighted by Gasteiger charge is -2.28. The lowest BCUT2D eigenvalue weighted by Crippen LogP contribution is -2.54. The maximum absolute atomic E-state index is 13.4. The number of methoxy groups -OCH3 is 1. The van der Waals surface area contributed by atoms with Crippen LogP contribution in [-0.4, -0.2) is 25.0 Å². The number of amides is 4. The van der Waals surface area contributed by atoms with Gasteiger partial charge in [0.2, 0.25) is 0 Å². The van der Waals surface area contributed by atoms with E-state index in [1.54, 1.807) is 25.1 Å². The highest BCUT2D eigenvalue weighted by Gasteiger charge is 2.37.